The first-order valence-corrected chi connectivity index (χ1v) is 6.08. The van der Waals surface area contributed by atoms with Crippen LogP contribution < -0.4 is 5.32 Å². The van der Waals surface area contributed by atoms with Crippen molar-refractivity contribution < 1.29 is 28.6 Å². The van der Waals surface area contributed by atoms with Crippen LogP contribution in [0.1, 0.15) is 30.6 Å². The zero-order chi connectivity index (χ0) is 16.2. The number of halogens is 1. The summed E-state index contributed by atoms with van der Waals surface area (Å²) in [4.78, 5) is 34.4. The minimum Gasteiger partial charge on any atom is -0.481 e. The Hall–Kier alpha value is -2.44. The number of esters is 1. The fraction of sp³-hybridized carbons (Fsp3) is 0.357. The SMILES string of the molecule is COC(=O)c1ccc(F)cc1NC(=O)CC(C)(C)C(=O)O. The molecule has 1 rings (SSSR count). The van der Waals surface area contributed by atoms with Gasteiger partial charge in [0.05, 0.1) is 23.8 Å². The maximum absolute atomic E-state index is 13.2. The summed E-state index contributed by atoms with van der Waals surface area (Å²) >= 11 is 0. The number of carbonyl (C=O) groups is 3. The predicted molar refractivity (Wildman–Crippen MR) is 72.4 cm³/mol. The summed E-state index contributed by atoms with van der Waals surface area (Å²) in [6, 6.07) is 3.21. The van der Waals surface area contributed by atoms with Crippen molar-refractivity contribution in [2.75, 3.05) is 12.4 Å². The van der Waals surface area contributed by atoms with Gasteiger partial charge in [-0.25, -0.2) is 9.18 Å². The molecular formula is C14H16FNO5. The van der Waals surface area contributed by atoms with E-state index in [1.54, 1.807) is 0 Å². The summed E-state index contributed by atoms with van der Waals surface area (Å²) in [6.45, 7) is 2.78. The highest BCUT2D eigenvalue weighted by Crippen LogP contribution is 2.23. The van der Waals surface area contributed by atoms with Gasteiger partial charge in [-0.3, -0.25) is 9.59 Å². The molecular weight excluding hydrogens is 281 g/mol. The van der Waals surface area contributed by atoms with Gasteiger partial charge in [0, 0.05) is 6.42 Å². The van der Waals surface area contributed by atoms with Crippen LogP contribution in [0.5, 0.6) is 0 Å². The Morgan fingerprint density at radius 2 is 1.95 bits per heavy atom. The number of ether oxygens (including phenoxy) is 1. The Kier molecular flexibility index (Phi) is 5.02. The van der Waals surface area contributed by atoms with Crippen LogP contribution in [0.4, 0.5) is 10.1 Å². The highest BCUT2D eigenvalue weighted by atomic mass is 19.1. The molecule has 21 heavy (non-hydrogen) atoms. The number of anilines is 1. The van der Waals surface area contributed by atoms with Gasteiger partial charge in [-0.05, 0) is 32.0 Å². The van der Waals surface area contributed by atoms with E-state index in [2.05, 4.69) is 10.1 Å². The summed E-state index contributed by atoms with van der Waals surface area (Å²) in [5.74, 6) is -3.15. The van der Waals surface area contributed by atoms with Gasteiger partial charge in [0.15, 0.2) is 0 Å². The third-order valence-electron chi connectivity index (χ3n) is 2.84. The van der Waals surface area contributed by atoms with E-state index in [-0.39, 0.29) is 17.7 Å². The molecule has 0 heterocycles. The standard InChI is InChI=1S/C14H16FNO5/c1-14(2,13(19)20)7-11(17)16-10-6-8(15)4-5-9(10)12(18)21-3/h4-6H,7H2,1-3H3,(H,16,17)(H,19,20). The van der Waals surface area contributed by atoms with Crippen LogP contribution in [-0.4, -0.2) is 30.1 Å². The zero-order valence-corrected chi connectivity index (χ0v) is 11.9. The molecule has 0 saturated carbocycles. The number of nitrogens with one attached hydrogen (secondary N) is 1. The van der Waals surface area contributed by atoms with Crippen LogP contribution in [0.3, 0.4) is 0 Å². The van der Waals surface area contributed by atoms with Gasteiger partial charge in [-0.15, -0.1) is 0 Å². The van der Waals surface area contributed by atoms with E-state index < -0.39 is 29.1 Å². The molecule has 0 unspecified atom stereocenters. The number of carboxylic acids is 1. The quantitative estimate of drug-likeness (QED) is 0.811. The maximum atomic E-state index is 13.2. The van der Waals surface area contributed by atoms with Crippen LogP contribution in [0.25, 0.3) is 0 Å². The van der Waals surface area contributed by atoms with E-state index >= 15 is 0 Å². The van der Waals surface area contributed by atoms with Crippen LogP contribution in [0.2, 0.25) is 0 Å². The molecule has 6 nitrogen and oxygen atoms in total. The summed E-state index contributed by atoms with van der Waals surface area (Å²) in [5, 5.41) is 11.3. The van der Waals surface area contributed by atoms with Gasteiger partial charge in [-0.2, -0.15) is 0 Å². The number of carbonyl (C=O) groups excluding carboxylic acids is 2. The van der Waals surface area contributed by atoms with E-state index in [1.165, 1.54) is 19.9 Å². The average Bonchev–Trinajstić information content (AvgIpc) is 2.37. The number of hydrogen-bond acceptors (Lipinski definition) is 4. The van der Waals surface area contributed by atoms with Crippen molar-refractivity contribution in [3.63, 3.8) is 0 Å². The number of aliphatic carboxylic acids is 1. The van der Waals surface area contributed by atoms with Gasteiger partial charge in [0.25, 0.3) is 0 Å². The normalized spacial score (nSPS) is 10.9. The number of carboxylic acid groups (broad SMARTS) is 1. The van der Waals surface area contributed by atoms with Crippen LogP contribution in [0.15, 0.2) is 18.2 Å². The molecule has 114 valence electrons. The number of amides is 1. The second-order valence-corrected chi connectivity index (χ2v) is 5.10. The Morgan fingerprint density at radius 1 is 1.33 bits per heavy atom. The van der Waals surface area contributed by atoms with Gasteiger partial charge < -0.3 is 15.2 Å². The van der Waals surface area contributed by atoms with Crippen molar-refractivity contribution in [3.05, 3.63) is 29.6 Å². The fourth-order valence-corrected chi connectivity index (χ4v) is 1.58. The minimum atomic E-state index is -1.27. The molecule has 1 aromatic rings. The lowest BCUT2D eigenvalue weighted by atomic mass is 9.89. The molecule has 1 aromatic carbocycles. The molecule has 0 radical (unpaired) electrons. The lowest BCUT2D eigenvalue weighted by Gasteiger charge is -2.18. The van der Waals surface area contributed by atoms with Crippen molar-refractivity contribution in [2.24, 2.45) is 5.41 Å². The maximum Gasteiger partial charge on any atom is 0.339 e. The van der Waals surface area contributed by atoms with Crippen molar-refractivity contribution in [3.8, 4) is 0 Å². The molecule has 0 bridgehead atoms. The lowest BCUT2D eigenvalue weighted by Crippen LogP contribution is -2.30. The van der Waals surface area contributed by atoms with E-state index in [4.69, 9.17) is 5.11 Å². The third kappa shape index (κ3) is 4.27. The first kappa shape index (κ1) is 16.6. The zero-order valence-electron chi connectivity index (χ0n) is 11.9. The highest BCUT2D eigenvalue weighted by Gasteiger charge is 2.30. The van der Waals surface area contributed by atoms with Crippen LogP contribution in [0, 0.1) is 11.2 Å². The topological polar surface area (TPSA) is 92.7 Å². The molecule has 0 aromatic heterocycles. The van der Waals surface area contributed by atoms with E-state index in [0.717, 1.165) is 19.2 Å². The number of rotatable bonds is 5. The van der Waals surface area contributed by atoms with Crippen molar-refractivity contribution in [1.29, 1.82) is 0 Å². The Labute approximate surface area is 120 Å². The second kappa shape index (κ2) is 6.34. The smallest absolute Gasteiger partial charge is 0.339 e. The van der Waals surface area contributed by atoms with Crippen molar-refractivity contribution in [1.82, 2.24) is 0 Å². The first-order valence-electron chi connectivity index (χ1n) is 6.08. The monoisotopic (exact) mass is 297 g/mol. The molecule has 0 saturated heterocycles. The third-order valence-corrected chi connectivity index (χ3v) is 2.84. The van der Waals surface area contributed by atoms with Crippen LogP contribution >= 0.6 is 0 Å². The summed E-state index contributed by atoms with van der Waals surface area (Å²) in [6.07, 6.45) is -0.320. The predicted octanol–water partition coefficient (Wildman–Crippen LogP) is 2.05. The average molecular weight is 297 g/mol. The number of methoxy groups -OCH3 is 1. The molecule has 0 aliphatic carbocycles. The fourth-order valence-electron chi connectivity index (χ4n) is 1.58. The molecule has 0 fully saturated rings. The van der Waals surface area contributed by atoms with E-state index in [1.807, 2.05) is 0 Å². The molecule has 0 spiro atoms. The van der Waals surface area contributed by atoms with E-state index in [0.29, 0.717) is 0 Å². The van der Waals surface area contributed by atoms with Crippen molar-refractivity contribution in [2.45, 2.75) is 20.3 Å². The molecule has 0 aliphatic heterocycles. The molecule has 7 heteroatoms. The second-order valence-electron chi connectivity index (χ2n) is 5.10. The van der Waals surface area contributed by atoms with Gasteiger partial charge in [0.2, 0.25) is 5.91 Å². The summed E-state index contributed by atoms with van der Waals surface area (Å²) < 4.78 is 17.8. The molecule has 2 N–H and O–H groups in total. The Morgan fingerprint density at radius 3 is 2.48 bits per heavy atom. The highest BCUT2D eigenvalue weighted by molar-refractivity contribution is 6.02. The lowest BCUT2D eigenvalue weighted by molar-refractivity contribution is -0.148. The first-order chi connectivity index (χ1) is 9.67. The summed E-state index contributed by atoms with van der Waals surface area (Å²) in [7, 11) is 1.16. The van der Waals surface area contributed by atoms with Crippen LogP contribution in [-0.2, 0) is 14.3 Å². The van der Waals surface area contributed by atoms with Gasteiger partial charge in [-0.1, -0.05) is 0 Å². The largest absolute Gasteiger partial charge is 0.481 e. The molecule has 0 atom stereocenters. The molecule has 0 aliphatic rings. The Bertz CT molecular complexity index is 583. The number of benzene rings is 1. The van der Waals surface area contributed by atoms with Gasteiger partial charge >= 0.3 is 11.9 Å². The summed E-state index contributed by atoms with van der Waals surface area (Å²) in [5.41, 5.74) is -1.35. The molecule has 1 amide bonds. The number of hydrogen-bond donors (Lipinski definition) is 2. The minimum absolute atomic E-state index is 0.0135. The van der Waals surface area contributed by atoms with Crippen molar-refractivity contribution >= 4 is 23.5 Å². The Balaban J connectivity index is 2.97. The van der Waals surface area contributed by atoms with E-state index in [9.17, 15) is 18.8 Å². The van der Waals surface area contributed by atoms with Gasteiger partial charge in [0.1, 0.15) is 5.82 Å².